The molecule has 5 nitrogen and oxygen atoms in total. The van der Waals surface area contributed by atoms with Crippen molar-refractivity contribution in [3.63, 3.8) is 0 Å². The molecule has 0 aliphatic carbocycles. The van der Waals surface area contributed by atoms with Gasteiger partial charge < -0.3 is 14.7 Å². The van der Waals surface area contributed by atoms with Crippen LogP contribution in [0.25, 0.3) is 0 Å². The van der Waals surface area contributed by atoms with Crippen LogP contribution in [0.2, 0.25) is 0 Å². The third kappa shape index (κ3) is 6.12. The largest absolute Gasteiger partial charge is 0.494 e. The van der Waals surface area contributed by atoms with E-state index in [9.17, 15) is 4.79 Å². The maximum absolute atomic E-state index is 11.9. The van der Waals surface area contributed by atoms with E-state index in [1.807, 2.05) is 60.7 Å². The summed E-state index contributed by atoms with van der Waals surface area (Å²) in [6.45, 7) is 0.706. The van der Waals surface area contributed by atoms with Gasteiger partial charge >= 0.3 is 5.97 Å². The molecular formula is C19H21NO4. The standard InChI is InChI=1S/C19H21NO4/c21-19(24-15-16-9-3-1-4-10-16)18(20-22)13-7-8-14-23-17-11-5-2-6-12-17/h1-6,9-12,22H,7-8,13-15H2. The molecule has 0 aliphatic rings. The Hall–Kier alpha value is -2.82. The van der Waals surface area contributed by atoms with E-state index in [2.05, 4.69) is 5.16 Å². The minimum atomic E-state index is -0.592. The molecule has 0 fully saturated rings. The molecule has 0 saturated heterocycles. The lowest BCUT2D eigenvalue weighted by atomic mass is 10.1. The van der Waals surface area contributed by atoms with Crippen molar-refractivity contribution in [1.29, 1.82) is 0 Å². The van der Waals surface area contributed by atoms with E-state index in [0.29, 0.717) is 19.4 Å². The summed E-state index contributed by atoms with van der Waals surface area (Å²) < 4.78 is 10.7. The molecule has 0 spiro atoms. The molecule has 0 aliphatic heterocycles. The van der Waals surface area contributed by atoms with Crippen molar-refractivity contribution in [3.05, 3.63) is 66.2 Å². The number of esters is 1. The molecule has 2 rings (SSSR count). The summed E-state index contributed by atoms with van der Waals surface area (Å²) in [6, 6.07) is 18.9. The minimum Gasteiger partial charge on any atom is -0.494 e. The van der Waals surface area contributed by atoms with Crippen molar-refractivity contribution in [2.75, 3.05) is 6.61 Å². The van der Waals surface area contributed by atoms with E-state index in [-0.39, 0.29) is 12.3 Å². The highest BCUT2D eigenvalue weighted by Gasteiger charge is 2.13. The summed E-state index contributed by atoms with van der Waals surface area (Å²) in [5, 5.41) is 12.0. The number of benzene rings is 2. The molecule has 1 N–H and O–H groups in total. The first-order chi connectivity index (χ1) is 11.8. The Morgan fingerprint density at radius 3 is 2.29 bits per heavy atom. The number of ether oxygens (including phenoxy) is 2. The van der Waals surface area contributed by atoms with Gasteiger partial charge in [0.1, 0.15) is 12.4 Å². The van der Waals surface area contributed by atoms with Gasteiger partial charge in [-0.25, -0.2) is 4.79 Å². The predicted molar refractivity (Wildman–Crippen MR) is 91.2 cm³/mol. The first-order valence-corrected chi connectivity index (χ1v) is 7.89. The Balaban J connectivity index is 1.65. The number of nitrogens with zero attached hydrogens (tertiary/aromatic N) is 1. The monoisotopic (exact) mass is 327 g/mol. The van der Waals surface area contributed by atoms with Gasteiger partial charge in [0.15, 0.2) is 5.71 Å². The van der Waals surface area contributed by atoms with Crippen LogP contribution in [0.4, 0.5) is 0 Å². The van der Waals surface area contributed by atoms with Gasteiger partial charge in [0, 0.05) is 6.42 Å². The molecule has 0 saturated carbocycles. The number of oxime groups is 1. The third-order valence-corrected chi connectivity index (χ3v) is 3.39. The van der Waals surface area contributed by atoms with E-state index in [1.54, 1.807) is 0 Å². The third-order valence-electron chi connectivity index (χ3n) is 3.39. The lowest BCUT2D eigenvalue weighted by Gasteiger charge is -2.07. The lowest BCUT2D eigenvalue weighted by Crippen LogP contribution is -2.18. The van der Waals surface area contributed by atoms with E-state index < -0.39 is 5.97 Å². The van der Waals surface area contributed by atoms with Crippen LogP contribution in [-0.2, 0) is 16.1 Å². The summed E-state index contributed by atoms with van der Waals surface area (Å²) in [4.78, 5) is 11.9. The summed E-state index contributed by atoms with van der Waals surface area (Å²) in [6.07, 6.45) is 1.77. The maximum atomic E-state index is 11.9. The number of carbonyl (C=O) groups is 1. The van der Waals surface area contributed by atoms with Crippen LogP contribution >= 0.6 is 0 Å². The highest BCUT2D eigenvalue weighted by molar-refractivity contribution is 6.36. The summed E-state index contributed by atoms with van der Waals surface area (Å²) in [5.41, 5.74) is 0.921. The molecular weight excluding hydrogens is 306 g/mol. The fraction of sp³-hybridized carbons (Fsp3) is 0.263. The summed E-state index contributed by atoms with van der Waals surface area (Å²) in [7, 11) is 0. The minimum absolute atomic E-state index is 0.0330. The Morgan fingerprint density at radius 1 is 0.958 bits per heavy atom. The second kappa shape index (κ2) is 10.0. The zero-order chi connectivity index (χ0) is 17.0. The smallest absolute Gasteiger partial charge is 0.356 e. The fourth-order valence-electron chi connectivity index (χ4n) is 2.10. The normalized spacial score (nSPS) is 11.1. The average Bonchev–Trinajstić information content (AvgIpc) is 2.64. The van der Waals surface area contributed by atoms with E-state index >= 15 is 0 Å². The van der Waals surface area contributed by atoms with Gasteiger partial charge in [-0.2, -0.15) is 0 Å². The van der Waals surface area contributed by atoms with Gasteiger partial charge in [0.2, 0.25) is 0 Å². The number of rotatable bonds is 9. The molecule has 0 amide bonds. The maximum Gasteiger partial charge on any atom is 0.356 e. The zero-order valence-electron chi connectivity index (χ0n) is 13.4. The SMILES string of the molecule is O=C(OCc1ccccc1)C(CCCCOc1ccccc1)=NO. The fourth-order valence-corrected chi connectivity index (χ4v) is 2.10. The Labute approximate surface area is 141 Å². The number of unbranched alkanes of at least 4 members (excludes halogenated alkanes) is 1. The van der Waals surface area contributed by atoms with Crippen LogP contribution in [0.5, 0.6) is 5.75 Å². The lowest BCUT2D eigenvalue weighted by molar-refractivity contribution is -0.137. The zero-order valence-corrected chi connectivity index (χ0v) is 13.4. The van der Waals surface area contributed by atoms with Crippen LogP contribution < -0.4 is 4.74 Å². The highest BCUT2D eigenvalue weighted by Crippen LogP contribution is 2.10. The van der Waals surface area contributed by atoms with Gasteiger partial charge in [-0.1, -0.05) is 53.7 Å². The van der Waals surface area contributed by atoms with Crippen LogP contribution in [0.15, 0.2) is 65.8 Å². The number of para-hydroxylation sites is 1. The number of hydrogen-bond donors (Lipinski definition) is 1. The van der Waals surface area contributed by atoms with Gasteiger partial charge in [-0.15, -0.1) is 0 Å². The second-order valence-corrected chi connectivity index (χ2v) is 5.23. The Morgan fingerprint density at radius 2 is 1.62 bits per heavy atom. The van der Waals surface area contributed by atoms with E-state index in [1.165, 1.54) is 0 Å². The van der Waals surface area contributed by atoms with Crippen molar-refractivity contribution in [1.82, 2.24) is 0 Å². The Kier molecular flexibility index (Phi) is 7.34. The molecule has 2 aromatic carbocycles. The number of hydrogen-bond acceptors (Lipinski definition) is 5. The highest BCUT2D eigenvalue weighted by atomic mass is 16.5. The summed E-state index contributed by atoms with van der Waals surface area (Å²) >= 11 is 0. The van der Waals surface area contributed by atoms with E-state index in [4.69, 9.17) is 14.7 Å². The molecule has 0 bridgehead atoms. The molecule has 0 unspecified atom stereocenters. The van der Waals surface area contributed by atoms with Crippen molar-refractivity contribution in [2.45, 2.75) is 25.9 Å². The second-order valence-electron chi connectivity index (χ2n) is 5.23. The van der Waals surface area contributed by atoms with Crippen molar-refractivity contribution >= 4 is 11.7 Å². The van der Waals surface area contributed by atoms with Crippen molar-refractivity contribution in [3.8, 4) is 5.75 Å². The predicted octanol–water partition coefficient (Wildman–Crippen LogP) is 3.81. The topological polar surface area (TPSA) is 68.1 Å². The summed E-state index contributed by atoms with van der Waals surface area (Å²) in [5.74, 6) is 0.223. The quantitative estimate of drug-likeness (QED) is 0.250. The molecule has 24 heavy (non-hydrogen) atoms. The molecule has 0 atom stereocenters. The molecule has 0 radical (unpaired) electrons. The first-order valence-electron chi connectivity index (χ1n) is 7.89. The average molecular weight is 327 g/mol. The molecule has 2 aromatic rings. The van der Waals surface area contributed by atoms with Crippen LogP contribution in [-0.4, -0.2) is 23.5 Å². The van der Waals surface area contributed by atoms with Crippen LogP contribution in [0, 0.1) is 0 Å². The van der Waals surface area contributed by atoms with Crippen LogP contribution in [0.3, 0.4) is 0 Å². The van der Waals surface area contributed by atoms with Gasteiger partial charge in [0.25, 0.3) is 0 Å². The molecule has 0 aromatic heterocycles. The number of carbonyl (C=O) groups excluding carboxylic acids is 1. The molecule has 5 heteroatoms. The van der Waals surface area contributed by atoms with Crippen molar-refractivity contribution in [2.24, 2.45) is 5.16 Å². The van der Waals surface area contributed by atoms with Crippen molar-refractivity contribution < 1.29 is 19.5 Å². The molecule has 126 valence electrons. The van der Waals surface area contributed by atoms with E-state index in [0.717, 1.165) is 17.7 Å². The van der Waals surface area contributed by atoms with Crippen LogP contribution in [0.1, 0.15) is 24.8 Å². The van der Waals surface area contributed by atoms with Gasteiger partial charge in [-0.3, -0.25) is 0 Å². The first kappa shape index (κ1) is 17.5. The Bertz CT molecular complexity index is 641. The van der Waals surface area contributed by atoms with Gasteiger partial charge in [0.05, 0.1) is 6.61 Å². The van der Waals surface area contributed by atoms with Gasteiger partial charge in [-0.05, 0) is 30.5 Å². The molecule has 0 heterocycles.